The number of nitrogens with one attached hydrogen (secondary N) is 1. The molecule has 1 aromatic rings. The third-order valence-corrected chi connectivity index (χ3v) is 4.76. The van der Waals surface area contributed by atoms with Crippen molar-refractivity contribution in [2.45, 2.75) is 38.1 Å². The predicted molar refractivity (Wildman–Crippen MR) is 86.3 cm³/mol. The summed E-state index contributed by atoms with van der Waals surface area (Å²) in [6.45, 7) is 2.08. The second kappa shape index (κ2) is 6.21. The molecular formula is C15H18INO4. The molecular weight excluding hydrogens is 385 g/mol. The van der Waals surface area contributed by atoms with E-state index in [1.807, 2.05) is 22.6 Å². The zero-order valence-electron chi connectivity index (χ0n) is 11.7. The van der Waals surface area contributed by atoms with Crippen molar-refractivity contribution < 1.29 is 19.8 Å². The first-order chi connectivity index (χ1) is 9.84. The van der Waals surface area contributed by atoms with Crippen molar-refractivity contribution in [3.63, 3.8) is 0 Å². The van der Waals surface area contributed by atoms with Crippen LogP contribution in [0.3, 0.4) is 0 Å². The van der Waals surface area contributed by atoms with Gasteiger partial charge in [0.25, 0.3) is 5.91 Å². The summed E-state index contributed by atoms with van der Waals surface area (Å²) in [5.41, 5.74) is -1.11. The molecule has 0 bridgehead atoms. The van der Waals surface area contributed by atoms with Gasteiger partial charge < -0.3 is 15.5 Å². The molecule has 21 heavy (non-hydrogen) atoms. The molecule has 1 aromatic carbocycles. The molecule has 0 aliphatic heterocycles. The van der Waals surface area contributed by atoms with Gasteiger partial charge >= 0.3 is 5.97 Å². The van der Waals surface area contributed by atoms with E-state index >= 15 is 0 Å². The normalized spacial score (nSPS) is 25.3. The third-order valence-electron chi connectivity index (χ3n) is 4.09. The van der Waals surface area contributed by atoms with Crippen molar-refractivity contribution in [2.24, 2.45) is 5.92 Å². The number of aliphatic carboxylic acids is 1. The second-order valence-corrected chi connectivity index (χ2v) is 6.93. The van der Waals surface area contributed by atoms with Crippen LogP contribution in [-0.2, 0) is 4.79 Å². The van der Waals surface area contributed by atoms with Gasteiger partial charge in [0.05, 0.1) is 5.56 Å². The standard InChI is InChI=1S/C15H18INO4/c1-9-4-6-15(7-5-9,14(20)21)17-13(19)11-8-10(16)2-3-12(11)18/h2-3,8-9,18H,4-7H2,1H3,(H,17,19)(H,20,21). The number of hydrogen-bond donors (Lipinski definition) is 3. The summed E-state index contributed by atoms with van der Waals surface area (Å²) in [6, 6.07) is 4.67. The highest BCUT2D eigenvalue weighted by atomic mass is 127. The van der Waals surface area contributed by atoms with Crippen molar-refractivity contribution in [1.82, 2.24) is 5.32 Å². The van der Waals surface area contributed by atoms with Crippen LogP contribution in [0, 0.1) is 9.49 Å². The number of aromatic hydroxyl groups is 1. The van der Waals surface area contributed by atoms with Crippen molar-refractivity contribution in [3.05, 3.63) is 27.3 Å². The molecule has 1 amide bonds. The quantitative estimate of drug-likeness (QED) is 0.678. The monoisotopic (exact) mass is 403 g/mol. The molecule has 0 aromatic heterocycles. The Kier molecular flexibility index (Phi) is 4.75. The molecule has 0 saturated heterocycles. The van der Waals surface area contributed by atoms with E-state index in [1.54, 1.807) is 12.1 Å². The number of carbonyl (C=O) groups excluding carboxylic acids is 1. The predicted octanol–water partition coefficient (Wildman–Crippen LogP) is 2.76. The van der Waals surface area contributed by atoms with Crippen LogP contribution in [0.2, 0.25) is 0 Å². The maximum absolute atomic E-state index is 12.3. The first-order valence-electron chi connectivity index (χ1n) is 6.88. The molecule has 3 N–H and O–H groups in total. The zero-order chi connectivity index (χ0) is 15.6. The van der Waals surface area contributed by atoms with Crippen LogP contribution in [-0.4, -0.2) is 27.6 Å². The lowest BCUT2D eigenvalue weighted by Crippen LogP contribution is -2.56. The van der Waals surface area contributed by atoms with E-state index in [0.29, 0.717) is 18.8 Å². The Hall–Kier alpha value is -1.31. The number of carboxylic acid groups (broad SMARTS) is 1. The summed E-state index contributed by atoms with van der Waals surface area (Å²) < 4.78 is 0.803. The first kappa shape index (κ1) is 16.1. The van der Waals surface area contributed by atoms with Gasteiger partial charge in [-0.15, -0.1) is 0 Å². The average molecular weight is 403 g/mol. The number of hydrogen-bond acceptors (Lipinski definition) is 3. The number of carbonyl (C=O) groups is 2. The van der Waals surface area contributed by atoms with Gasteiger partial charge in [-0.25, -0.2) is 4.79 Å². The Morgan fingerprint density at radius 2 is 1.95 bits per heavy atom. The summed E-state index contributed by atoms with van der Waals surface area (Å²) in [6.07, 6.45) is 2.37. The highest BCUT2D eigenvalue weighted by molar-refractivity contribution is 14.1. The molecule has 6 heteroatoms. The van der Waals surface area contributed by atoms with Gasteiger partial charge in [-0.2, -0.15) is 0 Å². The molecule has 1 fully saturated rings. The van der Waals surface area contributed by atoms with Gasteiger partial charge in [0, 0.05) is 3.57 Å². The minimum Gasteiger partial charge on any atom is -0.507 e. The number of rotatable bonds is 3. The van der Waals surface area contributed by atoms with Crippen molar-refractivity contribution in [3.8, 4) is 5.75 Å². The summed E-state index contributed by atoms with van der Waals surface area (Å²) in [5, 5.41) is 21.9. The SMILES string of the molecule is CC1CCC(NC(=O)c2cc(I)ccc2O)(C(=O)O)CC1. The van der Waals surface area contributed by atoms with Gasteiger partial charge in [0.15, 0.2) is 0 Å². The highest BCUT2D eigenvalue weighted by Gasteiger charge is 2.42. The molecule has 1 saturated carbocycles. The highest BCUT2D eigenvalue weighted by Crippen LogP contribution is 2.33. The van der Waals surface area contributed by atoms with Crippen LogP contribution < -0.4 is 5.32 Å². The third kappa shape index (κ3) is 3.48. The number of benzene rings is 1. The topological polar surface area (TPSA) is 86.6 Å². The Bertz CT molecular complexity index is 565. The van der Waals surface area contributed by atoms with E-state index in [1.165, 1.54) is 6.07 Å². The largest absolute Gasteiger partial charge is 0.507 e. The maximum atomic E-state index is 12.3. The lowest BCUT2D eigenvalue weighted by atomic mass is 9.77. The molecule has 0 unspecified atom stereocenters. The van der Waals surface area contributed by atoms with Crippen molar-refractivity contribution >= 4 is 34.5 Å². The van der Waals surface area contributed by atoms with Crippen LogP contribution in [0.4, 0.5) is 0 Å². The van der Waals surface area contributed by atoms with E-state index in [4.69, 9.17) is 0 Å². The van der Waals surface area contributed by atoms with E-state index < -0.39 is 17.4 Å². The van der Waals surface area contributed by atoms with Gasteiger partial charge in [0.1, 0.15) is 11.3 Å². The molecule has 2 rings (SSSR count). The summed E-state index contributed by atoms with van der Waals surface area (Å²) in [4.78, 5) is 24.0. The molecule has 0 radical (unpaired) electrons. The van der Waals surface area contributed by atoms with Gasteiger partial charge in [-0.1, -0.05) is 6.92 Å². The average Bonchev–Trinajstić information content (AvgIpc) is 2.44. The van der Waals surface area contributed by atoms with E-state index in [-0.39, 0.29) is 11.3 Å². The second-order valence-electron chi connectivity index (χ2n) is 5.69. The smallest absolute Gasteiger partial charge is 0.329 e. The van der Waals surface area contributed by atoms with Gasteiger partial charge in [0.2, 0.25) is 0 Å². The van der Waals surface area contributed by atoms with Crippen LogP contribution in [0.1, 0.15) is 43.0 Å². The molecule has 114 valence electrons. The Labute approximate surface area is 136 Å². The lowest BCUT2D eigenvalue weighted by molar-refractivity contribution is -0.146. The molecule has 0 atom stereocenters. The Morgan fingerprint density at radius 1 is 1.33 bits per heavy atom. The molecule has 5 nitrogen and oxygen atoms in total. The number of phenolic OH excluding ortho intramolecular Hbond substituents is 1. The first-order valence-corrected chi connectivity index (χ1v) is 7.96. The van der Waals surface area contributed by atoms with Crippen LogP contribution >= 0.6 is 22.6 Å². The molecule has 1 aliphatic carbocycles. The lowest BCUT2D eigenvalue weighted by Gasteiger charge is -2.36. The molecule has 1 aliphatic rings. The summed E-state index contributed by atoms with van der Waals surface area (Å²) in [5.74, 6) is -1.21. The number of phenols is 1. The minimum atomic E-state index is -1.22. The number of halogens is 1. The molecule has 0 spiro atoms. The van der Waals surface area contributed by atoms with Crippen LogP contribution in [0.25, 0.3) is 0 Å². The number of carboxylic acids is 1. The van der Waals surface area contributed by atoms with E-state index in [2.05, 4.69) is 12.2 Å². The van der Waals surface area contributed by atoms with Crippen LogP contribution in [0.5, 0.6) is 5.75 Å². The fraction of sp³-hybridized carbons (Fsp3) is 0.467. The summed E-state index contributed by atoms with van der Waals surface area (Å²) in [7, 11) is 0. The Morgan fingerprint density at radius 3 is 2.52 bits per heavy atom. The Balaban J connectivity index is 2.23. The number of amides is 1. The summed E-state index contributed by atoms with van der Waals surface area (Å²) >= 11 is 2.04. The van der Waals surface area contributed by atoms with Crippen molar-refractivity contribution in [2.75, 3.05) is 0 Å². The van der Waals surface area contributed by atoms with E-state index in [0.717, 1.165) is 16.4 Å². The molecule has 0 heterocycles. The maximum Gasteiger partial charge on any atom is 0.329 e. The fourth-order valence-electron chi connectivity index (χ4n) is 2.62. The van der Waals surface area contributed by atoms with E-state index in [9.17, 15) is 19.8 Å². The van der Waals surface area contributed by atoms with Crippen molar-refractivity contribution in [1.29, 1.82) is 0 Å². The van der Waals surface area contributed by atoms with Gasteiger partial charge in [-0.3, -0.25) is 4.79 Å². The van der Waals surface area contributed by atoms with Gasteiger partial charge in [-0.05, 0) is 72.4 Å². The minimum absolute atomic E-state index is 0.112. The fourth-order valence-corrected chi connectivity index (χ4v) is 3.11. The van der Waals surface area contributed by atoms with Crippen LogP contribution in [0.15, 0.2) is 18.2 Å². The zero-order valence-corrected chi connectivity index (χ0v) is 13.9.